The minimum Gasteiger partial charge on any atom is -0.481 e. The standard InChI is InChI=1S/C15H24N4O9S/c1-6(16)12(24)19-9(5-29)14(26)17-7(2-3-10(20)21)13(25)18-8(15(27)28)4-11(22)23/h6-9,29H,2-5,16H2,1H3,(H,17,26)(H,18,25)(H,19,24)(H,20,21)(H,22,23)(H,27,28). The van der Waals surface area contributed by atoms with Crippen LogP contribution in [0.2, 0.25) is 0 Å². The van der Waals surface area contributed by atoms with E-state index in [0.29, 0.717) is 0 Å². The summed E-state index contributed by atoms with van der Waals surface area (Å²) in [5, 5.41) is 33.0. The van der Waals surface area contributed by atoms with Gasteiger partial charge in [0, 0.05) is 12.2 Å². The van der Waals surface area contributed by atoms with Crippen LogP contribution < -0.4 is 21.7 Å². The van der Waals surface area contributed by atoms with Crippen LogP contribution >= 0.6 is 12.6 Å². The summed E-state index contributed by atoms with van der Waals surface area (Å²) in [6.45, 7) is 1.38. The number of nitrogens with one attached hydrogen (secondary N) is 3. The van der Waals surface area contributed by atoms with Crippen LogP contribution in [0.4, 0.5) is 0 Å². The van der Waals surface area contributed by atoms with Gasteiger partial charge in [-0.15, -0.1) is 0 Å². The zero-order valence-electron chi connectivity index (χ0n) is 15.5. The third kappa shape index (κ3) is 10.3. The highest BCUT2D eigenvalue weighted by molar-refractivity contribution is 7.80. The van der Waals surface area contributed by atoms with Crippen LogP contribution in [0.15, 0.2) is 0 Å². The number of carboxylic acid groups (broad SMARTS) is 3. The number of carbonyl (C=O) groups excluding carboxylic acids is 3. The number of aliphatic carboxylic acids is 3. The lowest BCUT2D eigenvalue weighted by Crippen LogP contribution is -2.57. The average molecular weight is 436 g/mol. The maximum Gasteiger partial charge on any atom is 0.326 e. The molecule has 0 aliphatic carbocycles. The Kier molecular flexibility index (Phi) is 11.3. The first-order chi connectivity index (χ1) is 13.4. The monoisotopic (exact) mass is 436 g/mol. The van der Waals surface area contributed by atoms with E-state index in [0.717, 1.165) is 0 Å². The molecule has 0 aromatic heterocycles. The maximum atomic E-state index is 12.3. The van der Waals surface area contributed by atoms with Gasteiger partial charge in [-0.25, -0.2) is 4.79 Å². The van der Waals surface area contributed by atoms with E-state index in [2.05, 4.69) is 23.3 Å². The SMILES string of the molecule is CC(N)C(=O)NC(CS)C(=O)NC(CCC(=O)O)C(=O)NC(CC(=O)O)C(=O)O. The van der Waals surface area contributed by atoms with Crippen molar-refractivity contribution in [3.8, 4) is 0 Å². The van der Waals surface area contributed by atoms with Crippen molar-refractivity contribution in [2.45, 2.75) is 50.4 Å². The van der Waals surface area contributed by atoms with Crippen LogP contribution in [0.25, 0.3) is 0 Å². The predicted octanol–water partition coefficient (Wildman–Crippen LogP) is -2.86. The van der Waals surface area contributed by atoms with Gasteiger partial charge in [0.2, 0.25) is 17.7 Å². The predicted molar refractivity (Wildman–Crippen MR) is 100 cm³/mol. The zero-order valence-corrected chi connectivity index (χ0v) is 16.3. The lowest BCUT2D eigenvalue weighted by molar-refractivity contribution is -0.147. The van der Waals surface area contributed by atoms with Crippen molar-refractivity contribution in [2.24, 2.45) is 5.73 Å². The molecule has 0 saturated carbocycles. The number of carbonyl (C=O) groups is 6. The molecule has 8 N–H and O–H groups in total. The van der Waals surface area contributed by atoms with E-state index in [1.165, 1.54) is 6.92 Å². The van der Waals surface area contributed by atoms with Crippen molar-refractivity contribution in [1.29, 1.82) is 0 Å². The molecule has 0 fully saturated rings. The number of thiol groups is 1. The molecule has 164 valence electrons. The Balaban J connectivity index is 5.32. The van der Waals surface area contributed by atoms with Gasteiger partial charge in [0.15, 0.2) is 0 Å². The molecule has 0 aromatic carbocycles. The smallest absolute Gasteiger partial charge is 0.326 e. The molecule has 14 heteroatoms. The van der Waals surface area contributed by atoms with Gasteiger partial charge in [0.05, 0.1) is 12.5 Å². The Morgan fingerprint density at radius 2 is 1.31 bits per heavy atom. The Bertz CT molecular complexity index is 656. The topological polar surface area (TPSA) is 225 Å². The molecule has 13 nitrogen and oxygen atoms in total. The molecule has 0 saturated heterocycles. The Morgan fingerprint density at radius 3 is 1.72 bits per heavy atom. The fraction of sp³-hybridized carbons (Fsp3) is 0.600. The second-order valence-corrected chi connectivity index (χ2v) is 6.39. The molecule has 0 aromatic rings. The summed E-state index contributed by atoms with van der Waals surface area (Å²) in [6.07, 6.45) is -1.88. The fourth-order valence-electron chi connectivity index (χ4n) is 1.95. The van der Waals surface area contributed by atoms with E-state index >= 15 is 0 Å². The molecule has 4 atom stereocenters. The number of nitrogens with two attached hydrogens (primary N) is 1. The molecule has 29 heavy (non-hydrogen) atoms. The second kappa shape index (κ2) is 12.6. The average Bonchev–Trinajstić information content (AvgIpc) is 2.60. The van der Waals surface area contributed by atoms with E-state index in [-0.39, 0.29) is 5.75 Å². The van der Waals surface area contributed by atoms with Gasteiger partial charge in [-0.2, -0.15) is 12.6 Å². The van der Waals surface area contributed by atoms with Crippen LogP contribution in [-0.4, -0.2) is 80.9 Å². The Hall–Kier alpha value is -2.87. The van der Waals surface area contributed by atoms with Crippen LogP contribution in [0.1, 0.15) is 26.2 Å². The minimum atomic E-state index is -1.79. The van der Waals surface area contributed by atoms with E-state index in [4.69, 9.17) is 21.1 Å². The summed E-state index contributed by atoms with van der Waals surface area (Å²) in [7, 11) is 0. The maximum absolute atomic E-state index is 12.3. The van der Waals surface area contributed by atoms with Gasteiger partial charge in [0.1, 0.15) is 18.1 Å². The molecular formula is C15H24N4O9S. The number of rotatable bonds is 13. The van der Waals surface area contributed by atoms with Gasteiger partial charge in [0.25, 0.3) is 0 Å². The summed E-state index contributed by atoms with van der Waals surface area (Å²) in [6, 6.07) is -5.42. The van der Waals surface area contributed by atoms with Crippen molar-refractivity contribution in [3.05, 3.63) is 0 Å². The zero-order chi connectivity index (χ0) is 22.7. The first-order valence-corrected chi connectivity index (χ1v) is 8.96. The molecule has 0 heterocycles. The lowest BCUT2D eigenvalue weighted by atomic mass is 10.1. The largest absolute Gasteiger partial charge is 0.481 e. The van der Waals surface area contributed by atoms with Gasteiger partial charge in [-0.3, -0.25) is 24.0 Å². The highest BCUT2D eigenvalue weighted by atomic mass is 32.1. The van der Waals surface area contributed by atoms with Crippen molar-refractivity contribution in [1.82, 2.24) is 16.0 Å². The summed E-state index contributed by atoms with van der Waals surface area (Å²) < 4.78 is 0. The minimum absolute atomic E-state index is 0.172. The van der Waals surface area contributed by atoms with Crippen LogP contribution in [0.5, 0.6) is 0 Å². The van der Waals surface area contributed by atoms with Crippen molar-refractivity contribution in [2.75, 3.05) is 5.75 Å². The quantitative estimate of drug-likeness (QED) is 0.138. The van der Waals surface area contributed by atoms with Crippen LogP contribution in [-0.2, 0) is 28.8 Å². The van der Waals surface area contributed by atoms with Gasteiger partial charge in [-0.1, -0.05) is 0 Å². The third-order valence-corrected chi connectivity index (χ3v) is 3.87. The summed E-state index contributed by atoms with van der Waals surface area (Å²) >= 11 is 3.92. The molecule has 0 bridgehead atoms. The second-order valence-electron chi connectivity index (χ2n) is 6.02. The van der Waals surface area contributed by atoms with E-state index in [9.17, 15) is 28.8 Å². The first-order valence-electron chi connectivity index (χ1n) is 8.33. The first kappa shape index (κ1) is 26.1. The van der Waals surface area contributed by atoms with E-state index in [1.54, 1.807) is 0 Å². The van der Waals surface area contributed by atoms with E-state index < -0.39 is 79.1 Å². The highest BCUT2D eigenvalue weighted by Gasteiger charge is 2.30. The summed E-state index contributed by atoms with van der Waals surface area (Å²) in [5.74, 6) is -7.21. The molecule has 0 spiro atoms. The van der Waals surface area contributed by atoms with E-state index in [1.807, 2.05) is 5.32 Å². The third-order valence-electron chi connectivity index (χ3n) is 3.50. The number of carboxylic acids is 3. The highest BCUT2D eigenvalue weighted by Crippen LogP contribution is 2.03. The van der Waals surface area contributed by atoms with Gasteiger partial charge >= 0.3 is 17.9 Å². The number of hydrogen-bond donors (Lipinski definition) is 8. The summed E-state index contributed by atoms with van der Waals surface area (Å²) in [4.78, 5) is 68.9. The number of hydrogen-bond acceptors (Lipinski definition) is 8. The molecule has 0 rings (SSSR count). The summed E-state index contributed by atoms with van der Waals surface area (Å²) in [5.41, 5.74) is 5.39. The number of amides is 3. The lowest BCUT2D eigenvalue weighted by Gasteiger charge is -2.23. The Morgan fingerprint density at radius 1 is 0.828 bits per heavy atom. The molecule has 0 aliphatic heterocycles. The normalized spacial score (nSPS) is 14.6. The molecule has 4 unspecified atom stereocenters. The van der Waals surface area contributed by atoms with Crippen molar-refractivity contribution < 1.29 is 44.1 Å². The molecular weight excluding hydrogens is 412 g/mol. The van der Waals surface area contributed by atoms with Gasteiger partial charge in [-0.05, 0) is 13.3 Å². The van der Waals surface area contributed by atoms with Crippen molar-refractivity contribution >= 4 is 48.3 Å². The molecule has 0 radical (unpaired) electrons. The fourth-order valence-corrected chi connectivity index (χ4v) is 2.21. The van der Waals surface area contributed by atoms with Gasteiger partial charge < -0.3 is 37.0 Å². The van der Waals surface area contributed by atoms with Crippen molar-refractivity contribution in [3.63, 3.8) is 0 Å². The van der Waals surface area contributed by atoms with Crippen LogP contribution in [0.3, 0.4) is 0 Å². The Labute approximate surface area is 170 Å². The molecule has 0 aliphatic rings. The van der Waals surface area contributed by atoms with Crippen LogP contribution in [0, 0.1) is 0 Å². The molecule has 3 amide bonds.